The highest BCUT2D eigenvalue weighted by Crippen LogP contribution is 2.14. The van der Waals surface area contributed by atoms with E-state index in [-0.39, 0.29) is 23.2 Å². The molecule has 1 N–H and O–H groups in total. The molecule has 132 valence electrons. The molecular weight excluding hydrogens is 343 g/mol. The fraction of sp³-hybridized carbons (Fsp3) is 0.571. The van der Waals surface area contributed by atoms with Crippen molar-refractivity contribution in [2.24, 2.45) is 0 Å². The van der Waals surface area contributed by atoms with Crippen LogP contribution in [0, 0.1) is 5.82 Å². The third-order valence-electron chi connectivity index (χ3n) is 3.53. The zero-order valence-electron chi connectivity index (χ0n) is 13.5. The highest BCUT2D eigenvalue weighted by Gasteiger charge is 2.23. The van der Waals surface area contributed by atoms with E-state index in [2.05, 4.69) is 4.72 Å². The largest absolute Gasteiger partial charge is 0.242 e. The number of nitrogens with zero attached hydrogens (tertiary/aromatic N) is 1. The summed E-state index contributed by atoms with van der Waals surface area (Å²) in [7, 11) is -6.11. The van der Waals surface area contributed by atoms with Crippen LogP contribution in [-0.2, 0) is 20.0 Å². The van der Waals surface area contributed by atoms with Gasteiger partial charge in [-0.15, -0.1) is 0 Å². The van der Waals surface area contributed by atoms with Gasteiger partial charge in [-0.25, -0.2) is 25.9 Å². The molecule has 9 heteroatoms. The first kappa shape index (κ1) is 20.0. The minimum absolute atomic E-state index is 0.0771. The number of nitrogens with one attached hydrogen (secondary N) is 1. The van der Waals surface area contributed by atoms with Crippen LogP contribution in [0.25, 0.3) is 0 Å². The third kappa shape index (κ3) is 5.83. The van der Waals surface area contributed by atoms with E-state index in [4.69, 9.17) is 0 Å². The van der Waals surface area contributed by atoms with Crippen LogP contribution in [-0.4, -0.2) is 46.5 Å². The number of benzene rings is 1. The summed E-state index contributed by atoms with van der Waals surface area (Å²) in [6, 6.07) is 4.24. The molecule has 1 rings (SSSR count). The van der Waals surface area contributed by atoms with Gasteiger partial charge in [-0.1, -0.05) is 13.8 Å². The Labute approximate surface area is 137 Å². The Bertz CT molecular complexity index is 699. The number of hydrogen-bond acceptors (Lipinski definition) is 4. The van der Waals surface area contributed by atoms with Gasteiger partial charge in [0.25, 0.3) is 0 Å². The second kappa shape index (κ2) is 8.18. The van der Waals surface area contributed by atoms with Crippen molar-refractivity contribution in [1.82, 2.24) is 9.03 Å². The van der Waals surface area contributed by atoms with Crippen molar-refractivity contribution >= 4 is 20.0 Å². The van der Waals surface area contributed by atoms with Crippen LogP contribution >= 0.6 is 0 Å². The highest BCUT2D eigenvalue weighted by atomic mass is 32.2. The van der Waals surface area contributed by atoms with Crippen LogP contribution in [0.5, 0.6) is 0 Å². The van der Waals surface area contributed by atoms with Crippen molar-refractivity contribution in [2.75, 3.05) is 19.3 Å². The van der Waals surface area contributed by atoms with E-state index in [1.54, 1.807) is 0 Å². The van der Waals surface area contributed by atoms with Crippen molar-refractivity contribution in [2.45, 2.75) is 37.6 Å². The molecule has 0 aromatic heterocycles. The quantitative estimate of drug-likeness (QED) is 0.719. The van der Waals surface area contributed by atoms with Crippen LogP contribution in [0.2, 0.25) is 0 Å². The van der Waals surface area contributed by atoms with E-state index in [1.165, 1.54) is 7.05 Å². The summed E-state index contributed by atoms with van der Waals surface area (Å²) in [5, 5.41) is 0. The molecule has 0 saturated carbocycles. The molecule has 0 fully saturated rings. The van der Waals surface area contributed by atoms with Gasteiger partial charge in [0.1, 0.15) is 5.82 Å². The fourth-order valence-electron chi connectivity index (χ4n) is 1.92. The molecule has 6 nitrogen and oxygen atoms in total. The zero-order valence-corrected chi connectivity index (χ0v) is 15.1. The summed E-state index contributed by atoms with van der Waals surface area (Å²) in [5.74, 6) is -0.871. The lowest BCUT2D eigenvalue weighted by Gasteiger charge is -2.19. The monoisotopic (exact) mass is 366 g/mol. The molecule has 0 radical (unpaired) electrons. The van der Waals surface area contributed by atoms with Crippen molar-refractivity contribution in [3.8, 4) is 0 Å². The van der Waals surface area contributed by atoms with Gasteiger partial charge in [-0.05, 0) is 37.1 Å². The van der Waals surface area contributed by atoms with Crippen LogP contribution < -0.4 is 4.72 Å². The number of hydrogen-bond donors (Lipinski definition) is 1. The first-order valence-electron chi connectivity index (χ1n) is 7.34. The van der Waals surface area contributed by atoms with Crippen molar-refractivity contribution in [3.05, 3.63) is 30.1 Å². The molecular formula is C14H23FN2O4S2. The lowest BCUT2D eigenvalue weighted by Crippen LogP contribution is -2.39. The van der Waals surface area contributed by atoms with Gasteiger partial charge < -0.3 is 0 Å². The van der Waals surface area contributed by atoms with E-state index in [1.807, 2.05) is 13.8 Å². The van der Waals surface area contributed by atoms with E-state index in [0.717, 1.165) is 28.6 Å². The Morgan fingerprint density at radius 3 is 2.09 bits per heavy atom. The summed E-state index contributed by atoms with van der Waals surface area (Å²) >= 11 is 0. The predicted octanol–water partition coefficient (Wildman–Crippen LogP) is 1.55. The van der Waals surface area contributed by atoms with Gasteiger partial charge in [0.05, 0.1) is 10.6 Å². The third-order valence-corrected chi connectivity index (χ3v) is 6.81. The first-order valence-corrected chi connectivity index (χ1v) is 10.4. The number of sulfonamides is 2. The molecule has 0 saturated heterocycles. The topological polar surface area (TPSA) is 83.6 Å². The Morgan fingerprint density at radius 2 is 1.61 bits per heavy atom. The first-order chi connectivity index (χ1) is 10.6. The summed E-state index contributed by atoms with van der Waals surface area (Å²) in [5.41, 5.74) is 0. The molecule has 23 heavy (non-hydrogen) atoms. The van der Waals surface area contributed by atoms with Gasteiger partial charge in [0.2, 0.25) is 20.0 Å². The molecule has 0 aliphatic carbocycles. The van der Waals surface area contributed by atoms with Crippen molar-refractivity contribution in [1.29, 1.82) is 0 Å². The Balaban J connectivity index is 2.75. The maximum Gasteiger partial charge on any atom is 0.242 e. The van der Waals surface area contributed by atoms with Crippen LogP contribution in [0.4, 0.5) is 4.39 Å². The molecule has 0 aliphatic rings. The Hall–Kier alpha value is -1.03. The Kier molecular flexibility index (Phi) is 7.12. The SMILES string of the molecule is CCC(CC)NS(=O)(=O)CCN(C)S(=O)(=O)c1ccc(F)cc1. The summed E-state index contributed by atoms with van der Waals surface area (Å²) in [6.45, 7) is 3.57. The van der Waals surface area contributed by atoms with E-state index in [0.29, 0.717) is 12.8 Å². The fourth-order valence-corrected chi connectivity index (χ4v) is 4.68. The molecule has 0 aliphatic heterocycles. The summed E-state index contributed by atoms with van der Waals surface area (Å²) in [4.78, 5) is -0.0771. The lowest BCUT2D eigenvalue weighted by molar-refractivity contribution is 0.479. The van der Waals surface area contributed by atoms with Crippen LogP contribution in [0.1, 0.15) is 26.7 Å². The maximum absolute atomic E-state index is 12.9. The summed E-state index contributed by atoms with van der Waals surface area (Å²) < 4.78 is 64.9. The predicted molar refractivity (Wildman–Crippen MR) is 87.5 cm³/mol. The van der Waals surface area contributed by atoms with E-state index < -0.39 is 25.9 Å². The zero-order chi connectivity index (χ0) is 17.7. The maximum atomic E-state index is 12.9. The molecule has 0 spiro atoms. The highest BCUT2D eigenvalue weighted by molar-refractivity contribution is 7.90. The van der Waals surface area contributed by atoms with Crippen molar-refractivity contribution < 1.29 is 21.2 Å². The van der Waals surface area contributed by atoms with Crippen LogP contribution in [0.15, 0.2) is 29.2 Å². The molecule has 0 bridgehead atoms. The molecule has 0 amide bonds. The van der Waals surface area contributed by atoms with E-state index >= 15 is 0 Å². The van der Waals surface area contributed by atoms with Gasteiger partial charge in [0, 0.05) is 19.6 Å². The standard InChI is InChI=1S/C14H23FN2O4S2/c1-4-13(5-2)16-22(18,19)11-10-17(3)23(20,21)14-8-6-12(15)7-9-14/h6-9,13,16H,4-5,10-11H2,1-3H3. The Morgan fingerprint density at radius 1 is 1.09 bits per heavy atom. The normalized spacial score (nSPS) is 13.0. The second-order valence-corrected chi connectivity index (χ2v) is 9.15. The van der Waals surface area contributed by atoms with Gasteiger partial charge in [0.15, 0.2) is 0 Å². The number of rotatable bonds is 9. The molecule has 0 unspecified atom stereocenters. The van der Waals surface area contributed by atoms with Gasteiger partial charge >= 0.3 is 0 Å². The lowest BCUT2D eigenvalue weighted by atomic mass is 10.2. The average Bonchev–Trinajstić information content (AvgIpc) is 2.50. The summed E-state index contributed by atoms with van der Waals surface area (Å²) in [6.07, 6.45) is 1.33. The minimum Gasteiger partial charge on any atom is -0.212 e. The van der Waals surface area contributed by atoms with Crippen molar-refractivity contribution in [3.63, 3.8) is 0 Å². The minimum atomic E-state index is -3.84. The molecule has 0 heterocycles. The van der Waals surface area contributed by atoms with Crippen LogP contribution in [0.3, 0.4) is 0 Å². The molecule has 0 atom stereocenters. The van der Waals surface area contributed by atoms with Gasteiger partial charge in [-0.3, -0.25) is 0 Å². The second-order valence-electron chi connectivity index (χ2n) is 5.23. The van der Waals surface area contributed by atoms with Gasteiger partial charge in [-0.2, -0.15) is 4.31 Å². The number of halogens is 1. The van der Waals surface area contributed by atoms with E-state index in [9.17, 15) is 21.2 Å². The molecule has 1 aromatic carbocycles. The smallest absolute Gasteiger partial charge is 0.212 e. The average molecular weight is 366 g/mol. The molecule has 1 aromatic rings.